The van der Waals surface area contributed by atoms with Crippen LogP contribution in [0, 0.1) is 13.8 Å². The second-order valence-corrected chi connectivity index (χ2v) is 20.7. The second-order valence-electron chi connectivity index (χ2n) is 10.3. The van der Waals surface area contributed by atoms with Crippen molar-refractivity contribution in [2.45, 2.75) is 63.2 Å². The number of hydrogen-bond donors (Lipinski definition) is 1. The van der Waals surface area contributed by atoms with E-state index in [2.05, 4.69) is 54.2 Å². The minimum atomic E-state index is -3.94. The van der Waals surface area contributed by atoms with Crippen LogP contribution in [0.2, 0.25) is 0 Å². The summed E-state index contributed by atoms with van der Waals surface area (Å²) in [6, 6.07) is 22.9. The summed E-state index contributed by atoms with van der Waals surface area (Å²) in [7, 11) is -6.31. The molecule has 0 aliphatic heterocycles. The van der Waals surface area contributed by atoms with E-state index in [-0.39, 0.29) is 35.6 Å². The van der Waals surface area contributed by atoms with Crippen LogP contribution in [0.3, 0.4) is 0 Å². The largest absolute Gasteiger partial charge is 0.504 e. The molecule has 0 aromatic heterocycles. The molecule has 0 atom stereocenters. The van der Waals surface area contributed by atoms with Crippen LogP contribution in [0.1, 0.15) is 48.9 Å². The molecular weight excluding hydrogens is 922 g/mol. The van der Waals surface area contributed by atoms with Crippen molar-refractivity contribution >= 4 is 93.9 Å². The van der Waals surface area contributed by atoms with Crippen molar-refractivity contribution in [1.82, 2.24) is 0 Å². The van der Waals surface area contributed by atoms with Gasteiger partial charge in [0.15, 0.2) is 23.0 Å². The number of ether oxygens (including phenoxy) is 1. The number of halogens is 5. The van der Waals surface area contributed by atoms with Crippen LogP contribution in [0.4, 0.5) is 0 Å². The molecule has 274 valence electrons. The van der Waals surface area contributed by atoms with E-state index in [9.17, 15) is 21.9 Å². The summed E-state index contributed by atoms with van der Waals surface area (Å²) < 4.78 is 64.7. The van der Waals surface area contributed by atoms with Gasteiger partial charge in [0.05, 0.1) is 12.4 Å². The Morgan fingerprint density at radius 3 is 1.36 bits per heavy atom. The van der Waals surface area contributed by atoms with Crippen molar-refractivity contribution in [2.75, 3.05) is 12.4 Å². The number of methoxy groups -OCH3 is 1. The van der Waals surface area contributed by atoms with Crippen molar-refractivity contribution in [2.24, 2.45) is 0 Å². The van der Waals surface area contributed by atoms with Gasteiger partial charge in [0, 0.05) is 0 Å². The maximum absolute atomic E-state index is 12.3. The lowest BCUT2D eigenvalue weighted by Crippen LogP contribution is -2.10. The summed E-state index contributed by atoms with van der Waals surface area (Å²) >= 11 is 18.8. The van der Waals surface area contributed by atoms with E-state index < -0.39 is 20.2 Å². The molecule has 0 unspecified atom stereocenters. The fourth-order valence-corrected chi connectivity index (χ4v) is 5.93. The highest BCUT2D eigenvalue weighted by Gasteiger charge is 2.20. The van der Waals surface area contributed by atoms with Gasteiger partial charge in [0.25, 0.3) is 0 Å². The summed E-state index contributed by atoms with van der Waals surface area (Å²) in [5.74, 6) is 0.386. The van der Waals surface area contributed by atoms with Crippen molar-refractivity contribution in [3.63, 3.8) is 0 Å². The number of alkyl halides is 2. The maximum Gasteiger partial charge on any atom is 0.369 e. The first kappa shape index (κ1) is 46.1. The lowest BCUT2D eigenvalue weighted by Gasteiger charge is -2.12. The molecule has 0 aliphatic rings. The number of aromatic hydroxyl groups is 1. The maximum atomic E-state index is 12.3. The van der Waals surface area contributed by atoms with E-state index in [0.29, 0.717) is 5.75 Å². The zero-order valence-corrected chi connectivity index (χ0v) is 36.1. The fraction of sp³-hybridized carbons (Fsp3) is 0.294. The Morgan fingerprint density at radius 2 is 1.00 bits per heavy atom. The summed E-state index contributed by atoms with van der Waals surface area (Å²) in [6.07, 6.45) is 3.67. The Bertz CT molecular complexity index is 1810. The molecule has 0 fully saturated rings. The van der Waals surface area contributed by atoms with Gasteiger partial charge in [-0.3, -0.25) is 0 Å². The van der Waals surface area contributed by atoms with Gasteiger partial charge < -0.3 is 18.2 Å². The molecule has 0 aliphatic carbocycles. The van der Waals surface area contributed by atoms with E-state index in [0.717, 1.165) is 47.9 Å². The fourth-order valence-electron chi connectivity index (χ4n) is 4.05. The van der Waals surface area contributed by atoms with E-state index in [4.69, 9.17) is 36.3 Å². The van der Waals surface area contributed by atoms with Gasteiger partial charge in [-0.2, -0.15) is 16.8 Å². The molecule has 16 heteroatoms. The SMILES string of the molecule is BrB(Br)Br.CCCc1ccc(OS(=O)(=O)c2ccc(C)cc2)c(O)c1.CCCc1ccc(OS(=O)(=O)c2ccc(C)cc2)c(OC)c1.ClCCl. The summed E-state index contributed by atoms with van der Waals surface area (Å²) in [4.78, 5) is 0.183. The average molecular weight is 962 g/mol. The molecule has 1 N–H and O–H groups in total. The Hall–Kier alpha value is -1.94. The predicted octanol–water partition coefficient (Wildman–Crippen LogP) is 10.7. The third-order valence-corrected chi connectivity index (χ3v) is 8.84. The molecule has 4 aromatic carbocycles. The van der Waals surface area contributed by atoms with Crippen LogP contribution in [0.5, 0.6) is 23.0 Å². The minimum Gasteiger partial charge on any atom is -0.504 e. The lowest BCUT2D eigenvalue weighted by molar-refractivity contribution is 0.390. The van der Waals surface area contributed by atoms with Crippen molar-refractivity contribution in [3.05, 3.63) is 107 Å². The molecule has 0 radical (unpaired) electrons. The molecule has 0 saturated heterocycles. The van der Waals surface area contributed by atoms with Gasteiger partial charge >= 0.3 is 23.4 Å². The quantitative estimate of drug-likeness (QED) is 0.0898. The molecule has 0 heterocycles. The Morgan fingerprint density at radius 1 is 0.640 bits per heavy atom. The van der Waals surface area contributed by atoms with Crippen LogP contribution < -0.4 is 13.1 Å². The Labute approximate surface area is 332 Å². The average Bonchev–Trinajstić information content (AvgIpc) is 3.04. The van der Waals surface area contributed by atoms with Crippen LogP contribution in [-0.4, -0.2) is 37.6 Å². The monoisotopic (exact) mass is 958 g/mol. The van der Waals surface area contributed by atoms with Crippen LogP contribution in [-0.2, 0) is 33.1 Å². The Kier molecular flexibility index (Phi) is 21.7. The van der Waals surface area contributed by atoms with Gasteiger partial charge in [-0.15, -0.1) is 70.5 Å². The lowest BCUT2D eigenvalue weighted by atomic mass is 10.1. The highest BCUT2D eigenvalue weighted by Crippen LogP contribution is 2.32. The van der Waals surface area contributed by atoms with Crippen molar-refractivity contribution in [3.8, 4) is 23.0 Å². The second kappa shape index (κ2) is 23.6. The van der Waals surface area contributed by atoms with Gasteiger partial charge in [-0.1, -0.05) is 74.2 Å². The number of hydrogen-bond acceptors (Lipinski definition) is 8. The van der Waals surface area contributed by atoms with Crippen molar-refractivity contribution < 1.29 is 35.0 Å². The minimum absolute atomic E-state index is 0.0598. The third-order valence-electron chi connectivity index (χ3n) is 6.35. The molecule has 0 spiro atoms. The number of rotatable bonds is 11. The van der Waals surface area contributed by atoms with Crippen molar-refractivity contribution in [1.29, 1.82) is 0 Å². The number of aryl methyl sites for hydroxylation is 4. The molecule has 0 bridgehead atoms. The smallest absolute Gasteiger partial charge is 0.369 e. The molecule has 0 amide bonds. The summed E-state index contributed by atoms with van der Waals surface area (Å²) in [5, 5.41) is 10.1. The van der Waals surface area contributed by atoms with Crippen LogP contribution in [0.25, 0.3) is 0 Å². The number of phenols is 1. The zero-order valence-electron chi connectivity index (χ0n) is 28.2. The Balaban J connectivity index is 0.000000422. The summed E-state index contributed by atoms with van der Waals surface area (Å²) in [5.41, 5.74) is 3.97. The first-order chi connectivity index (χ1) is 23.5. The third kappa shape index (κ3) is 17.1. The van der Waals surface area contributed by atoms with E-state index in [1.165, 1.54) is 43.5 Å². The van der Waals surface area contributed by atoms with Crippen LogP contribution in [0.15, 0.2) is 94.7 Å². The molecular formula is C34H40BBr3Cl2O8S2. The standard InChI is InChI=1S/C17H20O4S.C16H18O4S.CH2Cl2.BBr3/c1-4-5-14-8-11-16(17(12-14)20-3)21-22(18,19)15-9-6-13(2)7-10-15;1-3-4-13-7-10-16(15(17)11-13)20-21(18,19)14-8-5-12(2)6-9-14;2-1-3;2-1(3)4/h6-12H,4-5H2,1-3H3;5-11,17H,3-4H2,1-2H3;1H2;. The topological polar surface area (TPSA) is 116 Å². The summed E-state index contributed by atoms with van der Waals surface area (Å²) in [6.45, 7) is 7.88. The molecule has 4 rings (SSSR count). The molecule has 8 nitrogen and oxygen atoms in total. The molecule has 0 saturated carbocycles. The van der Waals surface area contributed by atoms with E-state index in [1.54, 1.807) is 36.4 Å². The number of benzene rings is 4. The molecule has 4 aromatic rings. The van der Waals surface area contributed by atoms with E-state index >= 15 is 0 Å². The zero-order chi connectivity index (χ0) is 37.9. The van der Waals surface area contributed by atoms with Gasteiger partial charge in [-0.05, 0) is 86.3 Å². The predicted molar refractivity (Wildman–Crippen MR) is 216 cm³/mol. The van der Waals surface area contributed by atoms with Crippen LogP contribution >= 0.6 is 70.5 Å². The first-order valence-electron chi connectivity index (χ1n) is 15.1. The van der Waals surface area contributed by atoms with Gasteiger partial charge in [0.2, 0.25) is 0 Å². The molecule has 50 heavy (non-hydrogen) atoms. The normalized spacial score (nSPS) is 10.6. The van der Waals surface area contributed by atoms with Gasteiger partial charge in [-0.25, -0.2) is 0 Å². The highest BCUT2D eigenvalue weighted by atomic mass is 79.9. The van der Waals surface area contributed by atoms with E-state index in [1.807, 2.05) is 32.9 Å². The highest BCUT2D eigenvalue weighted by molar-refractivity contribution is 9.69. The first-order valence-corrected chi connectivity index (χ1v) is 21.7. The van der Waals surface area contributed by atoms with Gasteiger partial charge in [0.1, 0.15) is 9.79 Å². The number of phenolic OH excluding ortho intramolecular Hbond substituents is 1.